The SMILES string of the molecule is CC(C)n1ccc(CC(=O)c2ccc(CN)o2)n1. The number of nitrogens with zero attached hydrogens (tertiary/aromatic N) is 2. The van der Waals surface area contributed by atoms with Crippen LogP contribution in [0.15, 0.2) is 28.8 Å². The molecule has 0 saturated carbocycles. The van der Waals surface area contributed by atoms with E-state index in [9.17, 15) is 4.79 Å². The molecular formula is C13H17N3O2. The number of carbonyl (C=O) groups excluding carboxylic acids is 1. The van der Waals surface area contributed by atoms with Gasteiger partial charge in [0.15, 0.2) is 5.76 Å². The predicted octanol–water partition coefficient (Wildman–Crippen LogP) is 1.94. The molecule has 18 heavy (non-hydrogen) atoms. The van der Waals surface area contributed by atoms with Gasteiger partial charge in [0.05, 0.1) is 18.7 Å². The summed E-state index contributed by atoms with van der Waals surface area (Å²) in [6.07, 6.45) is 2.12. The second-order valence-electron chi connectivity index (χ2n) is 4.45. The summed E-state index contributed by atoms with van der Waals surface area (Å²) in [5.74, 6) is 0.879. The summed E-state index contributed by atoms with van der Waals surface area (Å²) in [6, 6.07) is 5.52. The van der Waals surface area contributed by atoms with Gasteiger partial charge in [0.2, 0.25) is 5.78 Å². The summed E-state index contributed by atoms with van der Waals surface area (Å²) < 4.78 is 7.14. The number of carbonyl (C=O) groups is 1. The number of hydrogen-bond donors (Lipinski definition) is 1. The molecule has 2 rings (SSSR count). The average Bonchev–Trinajstić information content (AvgIpc) is 2.96. The molecule has 5 nitrogen and oxygen atoms in total. The zero-order chi connectivity index (χ0) is 13.1. The number of rotatable bonds is 5. The first-order valence-electron chi connectivity index (χ1n) is 5.96. The molecule has 0 aromatic carbocycles. The molecule has 2 aromatic heterocycles. The summed E-state index contributed by atoms with van der Waals surface area (Å²) in [4.78, 5) is 11.9. The fourth-order valence-electron chi connectivity index (χ4n) is 1.65. The number of nitrogens with two attached hydrogens (primary N) is 1. The Hall–Kier alpha value is -1.88. The van der Waals surface area contributed by atoms with E-state index in [1.54, 1.807) is 12.1 Å². The second-order valence-corrected chi connectivity index (χ2v) is 4.45. The van der Waals surface area contributed by atoms with E-state index in [1.807, 2.05) is 30.8 Å². The van der Waals surface area contributed by atoms with Crippen LogP contribution in [0.25, 0.3) is 0 Å². The Bertz CT molecular complexity index is 540. The van der Waals surface area contributed by atoms with E-state index in [4.69, 9.17) is 10.2 Å². The Kier molecular flexibility index (Phi) is 3.62. The van der Waals surface area contributed by atoms with Crippen LogP contribution in [0, 0.1) is 0 Å². The molecule has 0 aliphatic rings. The predicted molar refractivity (Wildman–Crippen MR) is 67.2 cm³/mol. The smallest absolute Gasteiger partial charge is 0.203 e. The van der Waals surface area contributed by atoms with Crippen molar-refractivity contribution in [3.05, 3.63) is 41.6 Å². The molecule has 0 saturated heterocycles. The first-order chi connectivity index (χ1) is 8.60. The third kappa shape index (κ3) is 2.68. The Morgan fingerprint density at radius 1 is 1.44 bits per heavy atom. The van der Waals surface area contributed by atoms with E-state index in [0.29, 0.717) is 24.1 Å². The van der Waals surface area contributed by atoms with Crippen LogP contribution in [0.4, 0.5) is 0 Å². The number of aromatic nitrogens is 2. The fraction of sp³-hybridized carbons (Fsp3) is 0.385. The van der Waals surface area contributed by atoms with Gasteiger partial charge in [-0.15, -0.1) is 0 Å². The largest absolute Gasteiger partial charge is 0.457 e. The second kappa shape index (κ2) is 5.18. The van der Waals surface area contributed by atoms with Crippen LogP contribution in [-0.2, 0) is 13.0 Å². The lowest BCUT2D eigenvalue weighted by Crippen LogP contribution is -2.06. The van der Waals surface area contributed by atoms with Crippen LogP contribution < -0.4 is 5.73 Å². The van der Waals surface area contributed by atoms with Crippen LogP contribution in [0.1, 0.15) is 41.9 Å². The van der Waals surface area contributed by atoms with E-state index in [0.717, 1.165) is 5.69 Å². The lowest BCUT2D eigenvalue weighted by atomic mass is 10.2. The summed E-state index contributed by atoms with van der Waals surface area (Å²) in [6.45, 7) is 4.38. The summed E-state index contributed by atoms with van der Waals surface area (Å²) in [7, 11) is 0. The van der Waals surface area contributed by atoms with Gasteiger partial charge in [-0.3, -0.25) is 9.48 Å². The molecule has 2 N–H and O–H groups in total. The number of furan rings is 1. The molecule has 2 aromatic rings. The van der Waals surface area contributed by atoms with Crippen LogP contribution in [0.5, 0.6) is 0 Å². The van der Waals surface area contributed by atoms with Crippen molar-refractivity contribution in [1.29, 1.82) is 0 Å². The van der Waals surface area contributed by atoms with Crippen molar-refractivity contribution in [3.8, 4) is 0 Å². The molecule has 0 radical (unpaired) electrons. The van der Waals surface area contributed by atoms with Gasteiger partial charge in [-0.1, -0.05) is 0 Å². The van der Waals surface area contributed by atoms with Gasteiger partial charge in [-0.05, 0) is 32.0 Å². The van der Waals surface area contributed by atoms with E-state index >= 15 is 0 Å². The van der Waals surface area contributed by atoms with Crippen LogP contribution >= 0.6 is 0 Å². The minimum atomic E-state index is -0.0799. The van der Waals surface area contributed by atoms with Crippen molar-refractivity contribution in [2.75, 3.05) is 0 Å². The zero-order valence-corrected chi connectivity index (χ0v) is 10.6. The minimum absolute atomic E-state index is 0.0799. The number of hydrogen-bond acceptors (Lipinski definition) is 4. The standard InChI is InChI=1S/C13H17N3O2/c1-9(2)16-6-5-10(15-16)7-12(17)13-4-3-11(8-14)18-13/h3-6,9H,7-8,14H2,1-2H3. The molecule has 0 atom stereocenters. The zero-order valence-electron chi connectivity index (χ0n) is 10.6. The molecule has 0 aliphatic heterocycles. The average molecular weight is 247 g/mol. The van der Waals surface area contributed by atoms with Crippen LogP contribution in [-0.4, -0.2) is 15.6 Å². The van der Waals surface area contributed by atoms with Gasteiger partial charge in [0, 0.05) is 12.2 Å². The topological polar surface area (TPSA) is 74.0 Å². The Morgan fingerprint density at radius 3 is 2.78 bits per heavy atom. The van der Waals surface area contributed by atoms with Crippen LogP contribution in [0.2, 0.25) is 0 Å². The molecule has 0 spiro atoms. The maximum atomic E-state index is 11.9. The van der Waals surface area contributed by atoms with Gasteiger partial charge in [0.25, 0.3) is 0 Å². The Morgan fingerprint density at radius 2 is 2.22 bits per heavy atom. The molecule has 0 unspecified atom stereocenters. The molecular weight excluding hydrogens is 230 g/mol. The first-order valence-corrected chi connectivity index (χ1v) is 5.96. The fourth-order valence-corrected chi connectivity index (χ4v) is 1.65. The maximum absolute atomic E-state index is 11.9. The molecule has 96 valence electrons. The lowest BCUT2D eigenvalue weighted by Gasteiger charge is -2.03. The number of ketones is 1. The monoisotopic (exact) mass is 247 g/mol. The highest BCUT2D eigenvalue weighted by atomic mass is 16.3. The van der Waals surface area contributed by atoms with Crippen molar-refractivity contribution in [3.63, 3.8) is 0 Å². The third-order valence-corrected chi connectivity index (χ3v) is 2.67. The highest BCUT2D eigenvalue weighted by Gasteiger charge is 2.13. The summed E-state index contributed by atoms with van der Waals surface area (Å²) in [5, 5.41) is 4.33. The Labute approximate surface area is 106 Å². The lowest BCUT2D eigenvalue weighted by molar-refractivity contribution is 0.0963. The van der Waals surface area contributed by atoms with E-state index < -0.39 is 0 Å². The molecule has 0 amide bonds. The van der Waals surface area contributed by atoms with E-state index in [2.05, 4.69) is 5.10 Å². The van der Waals surface area contributed by atoms with Crippen LogP contribution in [0.3, 0.4) is 0 Å². The molecule has 5 heteroatoms. The Balaban J connectivity index is 2.06. The first kappa shape index (κ1) is 12.6. The molecule has 2 heterocycles. The van der Waals surface area contributed by atoms with E-state index in [-0.39, 0.29) is 12.2 Å². The van der Waals surface area contributed by atoms with Gasteiger partial charge in [-0.2, -0.15) is 5.10 Å². The van der Waals surface area contributed by atoms with Crippen molar-refractivity contribution in [1.82, 2.24) is 9.78 Å². The van der Waals surface area contributed by atoms with Crippen molar-refractivity contribution < 1.29 is 9.21 Å². The van der Waals surface area contributed by atoms with E-state index in [1.165, 1.54) is 0 Å². The molecule has 0 aliphatic carbocycles. The highest BCUT2D eigenvalue weighted by Crippen LogP contribution is 2.11. The molecule has 0 fully saturated rings. The maximum Gasteiger partial charge on any atom is 0.203 e. The van der Waals surface area contributed by atoms with Gasteiger partial charge in [-0.25, -0.2) is 0 Å². The summed E-state index contributed by atoms with van der Waals surface area (Å²) in [5.41, 5.74) is 6.18. The highest BCUT2D eigenvalue weighted by molar-refractivity contribution is 5.94. The third-order valence-electron chi connectivity index (χ3n) is 2.67. The normalized spacial score (nSPS) is 11.1. The molecule has 0 bridgehead atoms. The van der Waals surface area contributed by atoms with Crippen molar-refractivity contribution >= 4 is 5.78 Å². The summed E-state index contributed by atoms with van der Waals surface area (Å²) >= 11 is 0. The van der Waals surface area contributed by atoms with Gasteiger partial charge >= 0.3 is 0 Å². The van der Waals surface area contributed by atoms with Crippen molar-refractivity contribution in [2.24, 2.45) is 5.73 Å². The quantitative estimate of drug-likeness (QED) is 0.819. The number of Topliss-reactive ketones (excluding diaryl/α,β-unsaturated/α-hetero) is 1. The minimum Gasteiger partial charge on any atom is -0.457 e. The van der Waals surface area contributed by atoms with Gasteiger partial charge < -0.3 is 10.2 Å². The van der Waals surface area contributed by atoms with Crippen molar-refractivity contribution in [2.45, 2.75) is 32.9 Å². The van der Waals surface area contributed by atoms with Gasteiger partial charge in [0.1, 0.15) is 5.76 Å².